The molecule has 126 valence electrons. The zero-order chi connectivity index (χ0) is 17.3. The molecule has 24 heavy (non-hydrogen) atoms. The van der Waals surface area contributed by atoms with E-state index in [1.165, 1.54) is 6.33 Å². The second-order valence-corrected chi connectivity index (χ2v) is 6.23. The molecule has 7 nitrogen and oxygen atoms in total. The molecule has 0 unspecified atom stereocenters. The zero-order valence-corrected chi connectivity index (χ0v) is 14.1. The highest BCUT2D eigenvalue weighted by Gasteiger charge is 2.35. The molecule has 3 rings (SSSR count). The minimum absolute atomic E-state index is 0.0144. The van der Waals surface area contributed by atoms with Crippen molar-refractivity contribution in [2.75, 3.05) is 20.6 Å². The van der Waals surface area contributed by atoms with Crippen molar-refractivity contribution in [1.82, 2.24) is 24.6 Å². The van der Waals surface area contributed by atoms with Gasteiger partial charge in [-0.2, -0.15) is 5.10 Å². The van der Waals surface area contributed by atoms with Crippen LogP contribution >= 0.6 is 0 Å². The van der Waals surface area contributed by atoms with Gasteiger partial charge in [0.25, 0.3) is 0 Å². The first-order valence-electron chi connectivity index (χ1n) is 7.93. The molecule has 2 heterocycles. The van der Waals surface area contributed by atoms with Crippen molar-refractivity contribution in [2.24, 2.45) is 5.92 Å². The highest BCUT2D eigenvalue weighted by atomic mass is 16.2. The second-order valence-electron chi connectivity index (χ2n) is 6.23. The quantitative estimate of drug-likeness (QED) is 0.848. The summed E-state index contributed by atoms with van der Waals surface area (Å²) in [5.41, 5.74) is 1.95. The van der Waals surface area contributed by atoms with Crippen LogP contribution < -0.4 is 0 Å². The van der Waals surface area contributed by atoms with Crippen LogP contribution in [0.1, 0.15) is 24.9 Å². The average molecular weight is 327 g/mol. The van der Waals surface area contributed by atoms with Crippen LogP contribution in [0.5, 0.6) is 0 Å². The summed E-state index contributed by atoms with van der Waals surface area (Å²) in [5.74, 6) is -0.198. The highest BCUT2D eigenvalue weighted by molar-refractivity contribution is 5.89. The fraction of sp³-hybridized carbons (Fsp3) is 0.412. The largest absolute Gasteiger partial charge is 0.345 e. The maximum atomic E-state index is 12.6. The third-order valence-electron chi connectivity index (χ3n) is 4.68. The van der Waals surface area contributed by atoms with E-state index in [0.717, 1.165) is 11.3 Å². The van der Waals surface area contributed by atoms with Crippen molar-refractivity contribution in [1.29, 1.82) is 0 Å². The number of nitrogens with zero attached hydrogens (tertiary/aromatic N) is 5. The lowest BCUT2D eigenvalue weighted by atomic mass is 10.0. The summed E-state index contributed by atoms with van der Waals surface area (Å²) in [5, 5.41) is 4.10. The van der Waals surface area contributed by atoms with Crippen LogP contribution in [0.3, 0.4) is 0 Å². The van der Waals surface area contributed by atoms with Crippen LogP contribution in [-0.4, -0.2) is 57.0 Å². The Kier molecular flexibility index (Phi) is 4.33. The number of benzene rings is 1. The van der Waals surface area contributed by atoms with E-state index in [2.05, 4.69) is 10.1 Å². The van der Waals surface area contributed by atoms with Crippen LogP contribution in [0, 0.1) is 5.92 Å². The molecule has 2 amide bonds. The van der Waals surface area contributed by atoms with Crippen LogP contribution in [0.25, 0.3) is 5.69 Å². The second kappa shape index (κ2) is 6.43. The molecule has 1 saturated heterocycles. The van der Waals surface area contributed by atoms with Crippen LogP contribution in [-0.2, 0) is 9.59 Å². The summed E-state index contributed by atoms with van der Waals surface area (Å²) in [6.45, 7) is 2.49. The first-order valence-corrected chi connectivity index (χ1v) is 7.93. The molecule has 0 spiro atoms. The van der Waals surface area contributed by atoms with Gasteiger partial charge in [-0.3, -0.25) is 9.59 Å². The lowest BCUT2D eigenvalue weighted by Crippen LogP contribution is -2.36. The fourth-order valence-corrected chi connectivity index (χ4v) is 2.98. The number of carbonyl (C=O) groups is 2. The van der Waals surface area contributed by atoms with E-state index in [1.54, 1.807) is 34.9 Å². The van der Waals surface area contributed by atoms with Crippen molar-refractivity contribution in [3.63, 3.8) is 0 Å². The third-order valence-corrected chi connectivity index (χ3v) is 4.68. The summed E-state index contributed by atoms with van der Waals surface area (Å²) in [6, 6.07) is 7.80. The van der Waals surface area contributed by atoms with Gasteiger partial charge in [-0.05, 0) is 24.6 Å². The van der Waals surface area contributed by atoms with Gasteiger partial charge in [0.2, 0.25) is 11.8 Å². The van der Waals surface area contributed by atoms with E-state index in [1.807, 2.05) is 31.2 Å². The Balaban J connectivity index is 1.70. The Morgan fingerprint density at radius 2 is 2.04 bits per heavy atom. The van der Waals surface area contributed by atoms with Crippen LogP contribution in [0.2, 0.25) is 0 Å². The Hall–Kier alpha value is -2.70. The van der Waals surface area contributed by atoms with Crippen molar-refractivity contribution >= 4 is 11.8 Å². The molecule has 0 aliphatic carbocycles. The maximum absolute atomic E-state index is 12.6. The van der Waals surface area contributed by atoms with Gasteiger partial charge >= 0.3 is 0 Å². The van der Waals surface area contributed by atoms with E-state index in [-0.39, 0.29) is 23.8 Å². The molecular weight excluding hydrogens is 306 g/mol. The van der Waals surface area contributed by atoms with Crippen molar-refractivity contribution < 1.29 is 9.59 Å². The van der Waals surface area contributed by atoms with Crippen molar-refractivity contribution in [3.8, 4) is 5.69 Å². The Labute approximate surface area is 140 Å². The number of hydrogen-bond acceptors (Lipinski definition) is 4. The third kappa shape index (κ3) is 3.02. The molecule has 1 aliphatic rings. The average Bonchev–Trinajstić information content (AvgIpc) is 3.24. The van der Waals surface area contributed by atoms with Gasteiger partial charge in [-0.15, -0.1) is 0 Å². The highest BCUT2D eigenvalue weighted by Crippen LogP contribution is 2.25. The predicted octanol–water partition coefficient (Wildman–Crippen LogP) is 1.26. The summed E-state index contributed by atoms with van der Waals surface area (Å²) in [4.78, 5) is 31.5. The minimum atomic E-state index is -0.246. The molecule has 1 aliphatic heterocycles. The molecule has 1 fully saturated rings. The Morgan fingerprint density at radius 3 is 2.58 bits per heavy atom. The predicted molar refractivity (Wildman–Crippen MR) is 88.3 cm³/mol. The van der Waals surface area contributed by atoms with E-state index in [9.17, 15) is 9.59 Å². The van der Waals surface area contributed by atoms with E-state index >= 15 is 0 Å². The molecule has 1 aromatic heterocycles. The van der Waals surface area contributed by atoms with E-state index in [4.69, 9.17) is 0 Å². The summed E-state index contributed by atoms with van der Waals surface area (Å²) >= 11 is 0. The van der Waals surface area contributed by atoms with Gasteiger partial charge in [-0.25, -0.2) is 9.67 Å². The molecule has 2 atom stereocenters. The first-order chi connectivity index (χ1) is 11.5. The van der Waals surface area contributed by atoms with Crippen LogP contribution in [0.4, 0.5) is 0 Å². The fourth-order valence-electron chi connectivity index (χ4n) is 2.98. The smallest absolute Gasteiger partial charge is 0.228 e. The standard InChI is InChI=1S/C17H21N5O2/c1-12(21(3)17(24)14-8-16(23)20(2)9-14)13-4-6-15(7-5-13)22-11-18-10-19-22/h4-7,10-12,14H,8-9H2,1-3H3/t12-,14+/m0/s1. The molecular formula is C17H21N5O2. The topological polar surface area (TPSA) is 71.3 Å². The maximum Gasteiger partial charge on any atom is 0.228 e. The lowest BCUT2D eigenvalue weighted by molar-refractivity contribution is -0.136. The van der Waals surface area contributed by atoms with Crippen molar-refractivity contribution in [2.45, 2.75) is 19.4 Å². The normalized spacial score (nSPS) is 18.7. The molecule has 7 heteroatoms. The Bertz CT molecular complexity index is 726. The summed E-state index contributed by atoms with van der Waals surface area (Å²) in [7, 11) is 3.53. The number of aromatic nitrogens is 3. The molecule has 0 radical (unpaired) electrons. The number of likely N-dealkylation sites (tertiary alicyclic amines) is 1. The number of carbonyl (C=O) groups excluding carboxylic acids is 2. The molecule has 0 bridgehead atoms. The number of rotatable bonds is 4. The molecule has 0 N–H and O–H groups in total. The zero-order valence-electron chi connectivity index (χ0n) is 14.1. The summed E-state index contributed by atoms with van der Waals surface area (Å²) in [6.07, 6.45) is 3.43. The summed E-state index contributed by atoms with van der Waals surface area (Å²) < 4.78 is 1.68. The SMILES string of the molecule is C[C@@H](c1ccc(-n2cncn2)cc1)N(C)C(=O)[C@@H]1CC(=O)N(C)C1. The van der Waals surface area contributed by atoms with Gasteiger partial charge in [0, 0.05) is 27.1 Å². The van der Waals surface area contributed by atoms with Gasteiger partial charge in [0.1, 0.15) is 12.7 Å². The lowest BCUT2D eigenvalue weighted by Gasteiger charge is -2.27. The first kappa shape index (κ1) is 16.2. The molecule has 2 aromatic rings. The monoisotopic (exact) mass is 327 g/mol. The van der Waals surface area contributed by atoms with Gasteiger partial charge in [0.15, 0.2) is 0 Å². The van der Waals surface area contributed by atoms with Gasteiger partial charge < -0.3 is 9.80 Å². The van der Waals surface area contributed by atoms with Gasteiger partial charge in [-0.1, -0.05) is 12.1 Å². The van der Waals surface area contributed by atoms with Crippen molar-refractivity contribution in [3.05, 3.63) is 42.5 Å². The number of hydrogen-bond donors (Lipinski definition) is 0. The van der Waals surface area contributed by atoms with Gasteiger partial charge in [0.05, 0.1) is 17.6 Å². The van der Waals surface area contributed by atoms with E-state index in [0.29, 0.717) is 13.0 Å². The van der Waals surface area contributed by atoms with Crippen LogP contribution in [0.15, 0.2) is 36.9 Å². The molecule has 1 aromatic carbocycles. The molecule has 0 saturated carbocycles. The van der Waals surface area contributed by atoms with E-state index < -0.39 is 0 Å². The minimum Gasteiger partial charge on any atom is -0.345 e. The number of amides is 2. The Morgan fingerprint density at radius 1 is 1.33 bits per heavy atom.